The van der Waals surface area contributed by atoms with Crippen molar-refractivity contribution in [3.05, 3.63) is 28.2 Å². The quantitative estimate of drug-likeness (QED) is 0.728. The van der Waals surface area contributed by atoms with Crippen LogP contribution in [0, 0.1) is 0 Å². The molecule has 0 saturated carbocycles. The molecule has 0 aliphatic rings. The van der Waals surface area contributed by atoms with Crippen LogP contribution in [0.1, 0.15) is 18.6 Å². The highest BCUT2D eigenvalue weighted by Gasteiger charge is 2.08. The fraction of sp³-hybridized carbons (Fsp3) is 0.455. The maximum Gasteiger partial charge on any atom is 0.0864 e. The Balaban J connectivity index is 2.66. The van der Waals surface area contributed by atoms with Crippen molar-refractivity contribution in [2.24, 2.45) is 0 Å². The minimum atomic E-state index is -0.694. The molecule has 0 heterocycles. The van der Waals surface area contributed by atoms with E-state index in [9.17, 15) is 10.2 Å². The Hall–Kier alpha value is -0.0700. The molecule has 0 aliphatic carbocycles. The Morgan fingerprint density at radius 2 is 2.06 bits per heavy atom. The number of hydrogen-bond acceptors (Lipinski definition) is 4. The van der Waals surface area contributed by atoms with Crippen LogP contribution in [-0.4, -0.2) is 33.8 Å². The Bertz CT molecular complexity index is 344. The Morgan fingerprint density at radius 1 is 1.38 bits per heavy atom. The predicted molar refractivity (Wildman–Crippen MR) is 68.6 cm³/mol. The van der Waals surface area contributed by atoms with Crippen molar-refractivity contribution in [2.45, 2.75) is 24.0 Å². The first kappa shape index (κ1) is 14.0. The van der Waals surface area contributed by atoms with Gasteiger partial charge in [0.15, 0.2) is 0 Å². The summed E-state index contributed by atoms with van der Waals surface area (Å²) in [5, 5.41) is 27.3. The molecule has 3 N–H and O–H groups in total. The third kappa shape index (κ3) is 4.07. The summed E-state index contributed by atoms with van der Waals surface area (Å²) < 4.78 is 0.853. The van der Waals surface area contributed by atoms with Gasteiger partial charge in [-0.25, -0.2) is 0 Å². The molecule has 0 aliphatic heterocycles. The highest BCUT2D eigenvalue weighted by Crippen LogP contribution is 2.29. The van der Waals surface area contributed by atoms with E-state index in [-0.39, 0.29) is 6.61 Å². The van der Waals surface area contributed by atoms with Crippen LogP contribution >= 0.6 is 27.7 Å². The van der Waals surface area contributed by atoms with E-state index in [1.54, 1.807) is 6.92 Å². The number of halogens is 1. The van der Waals surface area contributed by atoms with Gasteiger partial charge in [-0.3, -0.25) is 0 Å². The van der Waals surface area contributed by atoms with Crippen LogP contribution < -0.4 is 0 Å². The van der Waals surface area contributed by atoms with Gasteiger partial charge in [-0.05, 0) is 24.6 Å². The second kappa shape index (κ2) is 6.61. The van der Waals surface area contributed by atoms with Gasteiger partial charge >= 0.3 is 0 Å². The summed E-state index contributed by atoms with van der Waals surface area (Å²) in [4.78, 5) is 0.990. The molecule has 1 aromatic rings. The topological polar surface area (TPSA) is 60.7 Å². The Labute approximate surface area is 108 Å². The fourth-order valence-electron chi connectivity index (χ4n) is 1.18. The summed E-state index contributed by atoms with van der Waals surface area (Å²) in [6.45, 7) is 1.49. The lowest BCUT2D eigenvalue weighted by Crippen LogP contribution is -2.14. The molecule has 0 fully saturated rings. The molecule has 1 rings (SSSR count). The molecule has 0 aromatic heterocycles. The molecule has 90 valence electrons. The fourth-order valence-corrected chi connectivity index (χ4v) is 2.90. The van der Waals surface area contributed by atoms with E-state index in [2.05, 4.69) is 15.9 Å². The van der Waals surface area contributed by atoms with Crippen LogP contribution in [0.15, 0.2) is 27.6 Å². The van der Waals surface area contributed by atoms with Crippen molar-refractivity contribution in [2.75, 3.05) is 12.4 Å². The van der Waals surface area contributed by atoms with Gasteiger partial charge in [0, 0.05) is 15.1 Å². The van der Waals surface area contributed by atoms with Gasteiger partial charge in [0.25, 0.3) is 0 Å². The number of benzene rings is 1. The van der Waals surface area contributed by atoms with E-state index in [1.165, 1.54) is 11.8 Å². The van der Waals surface area contributed by atoms with Crippen LogP contribution in [-0.2, 0) is 0 Å². The monoisotopic (exact) mass is 306 g/mol. The average Bonchev–Trinajstić information content (AvgIpc) is 2.25. The number of aliphatic hydroxyl groups excluding tert-OH is 3. The lowest BCUT2D eigenvalue weighted by atomic mass is 10.1. The summed E-state index contributed by atoms with van der Waals surface area (Å²) in [7, 11) is 0. The molecular formula is C11H15BrO3S. The van der Waals surface area contributed by atoms with E-state index < -0.39 is 12.2 Å². The summed E-state index contributed by atoms with van der Waals surface area (Å²) in [5.74, 6) is 0.455. The molecule has 2 unspecified atom stereocenters. The minimum absolute atomic E-state index is 0.222. The SMILES string of the molecule is CC(O)c1ccc(SCC(O)CO)cc1Br. The van der Waals surface area contributed by atoms with Gasteiger partial charge < -0.3 is 15.3 Å². The summed E-state index contributed by atoms with van der Waals surface area (Å²) in [6, 6.07) is 5.64. The van der Waals surface area contributed by atoms with Crippen molar-refractivity contribution >= 4 is 27.7 Å². The Morgan fingerprint density at radius 3 is 2.56 bits per heavy atom. The van der Waals surface area contributed by atoms with Gasteiger partial charge in [0.1, 0.15) is 0 Å². The lowest BCUT2D eigenvalue weighted by Gasteiger charge is -2.10. The number of aliphatic hydroxyl groups is 3. The molecule has 0 bridgehead atoms. The van der Waals surface area contributed by atoms with Gasteiger partial charge in [-0.15, -0.1) is 11.8 Å². The summed E-state index contributed by atoms with van der Waals surface area (Å²) >= 11 is 4.85. The van der Waals surface area contributed by atoms with Crippen LogP contribution in [0.3, 0.4) is 0 Å². The molecule has 1 aromatic carbocycles. The van der Waals surface area contributed by atoms with E-state index in [0.29, 0.717) is 5.75 Å². The van der Waals surface area contributed by atoms with Crippen molar-refractivity contribution < 1.29 is 15.3 Å². The van der Waals surface area contributed by atoms with E-state index >= 15 is 0 Å². The normalized spacial score (nSPS) is 14.8. The highest BCUT2D eigenvalue weighted by molar-refractivity contribution is 9.10. The zero-order valence-corrected chi connectivity index (χ0v) is 11.3. The maximum absolute atomic E-state index is 9.44. The maximum atomic E-state index is 9.44. The van der Waals surface area contributed by atoms with Crippen molar-refractivity contribution in [1.82, 2.24) is 0 Å². The van der Waals surface area contributed by atoms with Crippen molar-refractivity contribution in [3.63, 3.8) is 0 Å². The van der Waals surface area contributed by atoms with E-state index in [0.717, 1.165) is 14.9 Å². The van der Waals surface area contributed by atoms with Gasteiger partial charge in [-0.2, -0.15) is 0 Å². The number of rotatable bonds is 5. The van der Waals surface area contributed by atoms with E-state index in [4.69, 9.17) is 5.11 Å². The van der Waals surface area contributed by atoms with Crippen LogP contribution in [0.25, 0.3) is 0 Å². The molecular weight excluding hydrogens is 292 g/mol. The zero-order valence-electron chi connectivity index (χ0n) is 8.93. The second-order valence-electron chi connectivity index (χ2n) is 3.51. The van der Waals surface area contributed by atoms with Crippen molar-refractivity contribution in [1.29, 1.82) is 0 Å². The molecule has 0 radical (unpaired) electrons. The molecule has 0 amide bonds. The predicted octanol–water partition coefficient (Wildman–Crippen LogP) is 1.95. The number of hydrogen-bond donors (Lipinski definition) is 3. The molecule has 16 heavy (non-hydrogen) atoms. The Kier molecular flexibility index (Phi) is 5.78. The van der Waals surface area contributed by atoms with Gasteiger partial charge in [0.2, 0.25) is 0 Å². The third-order valence-corrected chi connectivity index (χ3v) is 3.90. The van der Waals surface area contributed by atoms with Crippen LogP contribution in [0.2, 0.25) is 0 Å². The molecule has 0 spiro atoms. The first-order valence-electron chi connectivity index (χ1n) is 4.93. The molecule has 0 saturated heterocycles. The first-order valence-corrected chi connectivity index (χ1v) is 6.71. The van der Waals surface area contributed by atoms with Crippen LogP contribution in [0.5, 0.6) is 0 Å². The molecule has 2 atom stereocenters. The van der Waals surface area contributed by atoms with Gasteiger partial charge in [-0.1, -0.05) is 22.0 Å². The standard InChI is InChI=1S/C11H15BrO3S/c1-7(14)10-3-2-9(4-11(10)12)16-6-8(15)5-13/h2-4,7-8,13-15H,5-6H2,1H3. The highest BCUT2D eigenvalue weighted by atomic mass is 79.9. The number of thioether (sulfide) groups is 1. The molecule has 3 nitrogen and oxygen atoms in total. The largest absolute Gasteiger partial charge is 0.394 e. The average molecular weight is 307 g/mol. The lowest BCUT2D eigenvalue weighted by molar-refractivity contribution is 0.113. The minimum Gasteiger partial charge on any atom is -0.394 e. The third-order valence-electron chi connectivity index (χ3n) is 2.08. The smallest absolute Gasteiger partial charge is 0.0864 e. The van der Waals surface area contributed by atoms with Gasteiger partial charge in [0.05, 0.1) is 18.8 Å². The first-order chi connectivity index (χ1) is 7.54. The summed E-state index contributed by atoms with van der Waals surface area (Å²) in [5.41, 5.74) is 0.840. The molecule has 5 heteroatoms. The zero-order chi connectivity index (χ0) is 12.1. The summed E-state index contributed by atoms with van der Waals surface area (Å²) in [6.07, 6.45) is -1.20. The van der Waals surface area contributed by atoms with E-state index in [1.807, 2.05) is 18.2 Å². The van der Waals surface area contributed by atoms with Crippen molar-refractivity contribution in [3.8, 4) is 0 Å². The second-order valence-corrected chi connectivity index (χ2v) is 5.45. The van der Waals surface area contributed by atoms with Crippen LogP contribution in [0.4, 0.5) is 0 Å².